The van der Waals surface area contributed by atoms with Crippen LogP contribution in [0.3, 0.4) is 0 Å². The third-order valence-corrected chi connectivity index (χ3v) is 4.65. The summed E-state index contributed by atoms with van der Waals surface area (Å²) in [5, 5.41) is 0. The minimum absolute atomic E-state index is 0.0429. The summed E-state index contributed by atoms with van der Waals surface area (Å²) in [5.41, 5.74) is 0. The van der Waals surface area contributed by atoms with Gasteiger partial charge in [-0.05, 0) is 12.8 Å². The molecule has 2 aliphatic rings. The maximum atomic E-state index is 12.6. The van der Waals surface area contributed by atoms with Crippen molar-refractivity contribution in [1.82, 2.24) is 19.4 Å². The van der Waals surface area contributed by atoms with Gasteiger partial charge in [-0.25, -0.2) is 4.98 Å². The van der Waals surface area contributed by atoms with Crippen LogP contribution in [-0.2, 0) is 16.6 Å². The molecule has 0 saturated carbocycles. The van der Waals surface area contributed by atoms with Crippen LogP contribution in [0.2, 0.25) is 0 Å². The van der Waals surface area contributed by atoms with Crippen LogP contribution in [0.15, 0.2) is 12.4 Å². The van der Waals surface area contributed by atoms with Gasteiger partial charge in [0.25, 0.3) is 0 Å². The van der Waals surface area contributed by atoms with Crippen LogP contribution < -0.4 is 0 Å². The van der Waals surface area contributed by atoms with Crippen molar-refractivity contribution in [3.05, 3.63) is 18.2 Å². The van der Waals surface area contributed by atoms with E-state index in [2.05, 4.69) is 9.88 Å². The standard InChI is InChI=1S/C16H24N4O3/c1-18-6-4-17-16(18)15(22)13-3-2-5-20(11-13)14(21)12-19-7-9-23-10-8-19/h4,6,13H,2-3,5,7-12H2,1H3/t13-/m0/s1. The smallest absolute Gasteiger partial charge is 0.236 e. The number of hydrogen-bond donors (Lipinski definition) is 0. The molecule has 2 saturated heterocycles. The van der Waals surface area contributed by atoms with E-state index in [1.165, 1.54) is 0 Å². The number of amides is 1. The summed E-state index contributed by atoms with van der Waals surface area (Å²) < 4.78 is 7.05. The number of carbonyl (C=O) groups is 2. The van der Waals surface area contributed by atoms with Gasteiger partial charge in [0, 0.05) is 51.5 Å². The molecule has 1 amide bonds. The zero-order valence-corrected chi connectivity index (χ0v) is 13.6. The fourth-order valence-electron chi connectivity index (χ4n) is 3.25. The van der Waals surface area contributed by atoms with Gasteiger partial charge in [-0.15, -0.1) is 0 Å². The molecule has 23 heavy (non-hydrogen) atoms. The van der Waals surface area contributed by atoms with Crippen molar-refractivity contribution < 1.29 is 14.3 Å². The van der Waals surface area contributed by atoms with Gasteiger partial charge in [0.2, 0.25) is 11.7 Å². The van der Waals surface area contributed by atoms with Gasteiger partial charge < -0.3 is 14.2 Å². The molecule has 1 aromatic rings. The zero-order valence-electron chi connectivity index (χ0n) is 13.6. The summed E-state index contributed by atoms with van der Waals surface area (Å²) in [6.07, 6.45) is 5.11. The second-order valence-corrected chi connectivity index (χ2v) is 6.29. The zero-order chi connectivity index (χ0) is 16.2. The lowest BCUT2D eigenvalue weighted by Crippen LogP contribution is -2.48. The van der Waals surface area contributed by atoms with Crippen molar-refractivity contribution >= 4 is 11.7 Å². The molecule has 0 aliphatic carbocycles. The Morgan fingerprint density at radius 2 is 2.09 bits per heavy atom. The highest BCUT2D eigenvalue weighted by Crippen LogP contribution is 2.20. The lowest BCUT2D eigenvalue weighted by molar-refractivity contribution is -0.134. The monoisotopic (exact) mass is 320 g/mol. The van der Waals surface area contributed by atoms with Gasteiger partial charge in [-0.2, -0.15) is 0 Å². The molecule has 0 aromatic carbocycles. The molecule has 0 unspecified atom stereocenters. The van der Waals surface area contributed by atoms with Crippen molar-refractivity contribution in [2.45, 2.75) is 12.8 Å². The van der Waals surface area contributed by atoms with Crippen molar-refractivity contribution in [1.29, 1.82) is 0 Å². The highest BCUT2D eigenvalue weighted by atomic mass is 16.5. The van der Waals surface area contributed by atoms with Crippen molar-refractivity contribution in [3.8, 4) is 0 Å². The predicted octanol–water partition coefficient (Wildman–Crippen LogP) is 0.174. The number of aryl methyl sites for hydroxylation is 1. The third-order valence-electron chi connectivity index (χ3n) is 4.65. The van der Waals surface area contributed by atoms with Gasteiger partial charge in [-0.1, -0.05) is 0 Å². The Kier molecular flexibility index (Phi) is 5.07. The van der Waals surface area contributed by atoms with Crippen LogP contribution in [0.5, 0.6) is 0 Å². The number of ketones is 1. The van der Waals surface area contributed by atoms with Gasteiger partial charge in [-0.3, -0.25) is 14.5 Å². The van der Waals surface area contributed by atoms with E-state index in [9.17, 15) is 9.59 Å². The summed E-state index contributed by atoms with van der Waals surface area (Å²) in [6, 6.07) is 0. The van der Waals surface area contributed by atoms with Crippen LogP contribution in [0, 0.1) is 5.92 Å². The average molecular weight is 320 g/mol. The van der Waals surface area contributed by atoms with E-state index >= 15 is 0 Å². The maximum Gasteiger partial charge on any atom is 0.236 e. The number of Topliss-reactive ketones (excluding diaryl/α,β-unsaturated/α-hetero) is 1. The number of likely N-dealkylation sites (tertiary alicyclic amines) is 1. The Bertz CT molecular complexity index is 565. The molecule has 3 rings (SSSR count). The van der Waals surface area contributed by atoms with Gasteiger partial charge >= 0.3 is 0 Å². The Morgan fingerprint density at radius 3 is 2.78 bits per heavy atom. The first-order valence-corrected chi connectivity index (χ1v) is 8.24. The van der Waals surface area contributed by atoms with Crippen LogP contribution in [0.25, 0.3) is 0 Å². The summed E-state index contributed by atoms with van der Waals surface area (Å²) >= 11 is 0. The molecule has 2 aliphatic heterocycles. The van der Waals surface area contributed by atoms with E-state index in [1.54, 1.807) is 17.0 Å². The highest BCUT2D eigenvalue weighted by molar-refractivity contribution is 5.95. The van der Waals surface area contributed by atoms with Crippen molar-refractivity contribution in [2.24, 2.45) is 13.0 Å². The van der Waals surface area contributed by atoms with E-state index in [4.69, 9.17) is 4.74 Å². The van der Waals surface area contributed by atoms with Crippen LogP contribution >= 0.6 is 0 Å². The van der Waals surface area contributed by atoms with Crippen LogP contribution in [0.1, 0.15) is 23.5 Å². The molecule has 0 radical (unpaired) electrons. The molecular formula is C16H24N4O3. The highest BCUT2D eigenvalue weighted by Gasteiger charge is 2.31. The molecule has 0 bridgehead atoms. The van der Waals surface area contributed by atoms with E-state index in [1.807, 2.05) is 11.9 Å². The molecule has 1 aromatic heterocycles. The number of rotatable bonds is 4. The number of carbonyl (C=O) groups excluding carboxylic acids is 2. The summed E-state index contributed by atoms with van der Waals surface area (Å²) in [6.45, 7) is 4.65. The first-order chi connectivity index (χ1) is 11.1. The minimum Gasteiger partial charge on any atom is -0.379 e. The molecule has 1 atom stereocenters. The largest absolute Gasteiger partial charge is 0.379 e. The SMILES string of the molecule is Cn1ccnc1C(=O)[C@H]1CCCN(C(=O)CN2CCOCC2)C1. The number of morpholine rings is 1. The topological polar surface area (TPSA) is 67.7 Å². The van der Waals surface area contributed by atoms with Gasteiger partial charge in [0.15, 0.2) is 5.82 Å². The van der Waals surface area contributed by atoms with Gasteiger partial charge in [0.05, 0.1) is 19.8 Å². The minimum atomic E-state index is -0.140. The first-order valence-electron chi connectivity index (χ1n) is 8.24. The third kappa shape index (κ3) is 3.79. The van der Waals surface area contributed by atoms with Crippen molar-refractivity contribution in [2.75, 3.05) is 45.9 Å². The Morgan fingerprint density at radius 1 is 1.30 bits per heavy atom. The molecule has 7 nitrogen and oxygen atoms in total. The molecule has 126 valence electrons. The van der Waals surface area contributed by atoms with Gasteiger partial charge in [0.1, 0.15) is 0 Å². The molecule has 3 heterocycles. The normalized spacial score (nSPS) is 23.0. The lowest BCUT2D eigenvalue weighted by atomic mass is 9.93. The second kappa shape index (κ2) is 7.23. The number of hydrogen-bond acceptors (Lipinski definition) is 5. The second-order valence-electron chi connectivity index (χ2n) is 6.29. The number of nitrogens with zero attached hydrogens (tertiary/aromatic N) is 4. The number of piperidine rings is 1. The van der Waals surface area contributed by atoms with E-state index < -0.39 is 0 Å². The average Bonchev–Trinajstić information content (AvgIpc) is 3.01. The quantitative estimate of drug-likeness (QED) is 0.740. The molecule has 0 spiro atoms. The fourth-order valence-corrected chi connectivity index (χ4v) is 3.25. The molecule has 2 fully saturated rings. The van der Waals surface area contributed by atoms with Crippen LogP contribution in [-0.4, -0.2) is 77.0 Å². The molecular weight excluding hydrogens is 296 g/mol. The van der Waals surface area contributed by atoms with E-state index in [0.717, 1.165) is 32.5 Å². The fraction of sp³-hybridized carbons (Fsp3) is 0.688. The Labute approximate surface area is 136 Å². The molecule has 0 N–H and O–H groups in total. The number of imidazole rings is 1. The Balaban J connectivity index is 1.58. The molecule has 7 heteroatoms. The number of aromatic nitrogens is 2. The van der Waals surface area contributed by atoms with Crippen LogP contribution in [0.4, 0.5) is 0 Å². The number of ether oxygens (including phenoxy) is 1. The maximum absolute atomic E-state index is 12.6. The lowest BCUT2D eigenvalue weighted by Gasteiger charge is -2.34. The van der Waals surface area contributed by atoms with E-state index in [-0.39, 0.29) is 17.6 Å². The first kappa shape index (κ1) is 16.1. The Hall–Kier alpha value is -1.73. The summed E-state index contributed by atoms with van der Waals surface area (Å²) in [7, 11) is 1.82. The predicted molar refractivity (Wildman–Crippen MR) is 84.1 cm³/mol. The summed E-state index contributed by atoms with van der Waals surface area (Å²) in [4.78, 5) is 33.2. The van der Waals surface area contributed by atoms with Crippen molar-refractivity contribution in [3.63, 3.8) is 0 Å². The van der Waals surface area contributed by atoms with E-state index in [0.29, 0.717) is 32.1 Å². The summed E-state index contributed by atoms with van der Waals surface area (Å²) in [5.74, 6) is 0.501.